The Morgan fingerprint density at radius 3 is 2.17 bits per heavy atom. The van der Waals surface area contributed by atoms with E-state index in [9.17, 15) is 33.9 Å². The van der Waals surface area contributed by atoms with Crippen LogP contribution in [0, 0.1) is 26.2 Å². The number of H-pyrrole nitrogens is 1. The van der Waals surface area contributed by atoms with Crippen molar-refractivity contribution in [2.75, 3.05) is 77.1 Å². The number of carbonyl (C=O) groups excluding carboxylic acids is 5. The molecule has 0 unspecified atom stereocenters. The summed E-state index contributed by atoms with van der Waals surface area (Å²) in [4.78, 5) is 98.6. The van der Waals surface area contributed by atoms with Gasteiger partial charge in [-0.15, -0.1) is 11.3 Å². The molecule has 22 heteroatoms. The van der Waals surface area contributed by atoms with Crippen LogP contribution in [0.3, 0.4) is 0 Å². The van der Waals surface area contributed by atoms with Gasteiger partial charge in [-0.3, -0.25) is 38.3 Å². The van der Waals surface area contributed by atoms with Gasteiger partial charge in [0.2, 0.25) is 23.6 Å². The highest BCUT2D eigenvalue weighted by atomic mass is 32.1. The van der Waals surface area contributed by atoms with Crippen molar-refractivity contribution in [3.05, 3.63) is 116 Å². The topological polar surface area (TPSA) is 258 Å². The van der Waals surface area contributed by atoms with E-state index in [1.165, 1.54) is 4.90 Å². The Hall–Kier alpha value is -7.37. The number of hydrogen-bond acceptors (Lipinski definition) is 15. The normalized spacial score (nSPS) is 16.2. The molecule has 3 atom stereocenters. The summed E-state index contributed by atoms with van der Waals surface area (Å²) in [5.74, 6) is -0.762. The van der Waals surface area contributed by atoms with E-state index in [1.807, 2.05) is 126 Å². The Morgan fingerprint density at radius 2 is 1.52 bits per heavy atom. The Balaban J connectivity index is 0.698. The number of hydrogen-bond donors (Lipinski definition) is 6. The molecule has 21 nitrogen and oxygen atoms in total. The molecule has 6 aromatic rings. The quantitative estimate of drug-likeness (QED) is 0.0426. The van der Waals surface area contributed by atoms with Gasteiger partial charge in [0.15, 0.2) is 0 Å². The fraction of sp³-hybridized carbons (Fsp3) is 0.483. The molecule has 0 saturated carbocycles. The molecule has 5 amide bonds. The number of aliphatic hydroxyl groups is 1. The van der Waals surface area contributed by atoms with E-state index in [-0.39, 0.29) is 101 Å². The Bertz CT molecular complexity index is 3250. The largest absolute Gasteiger partial charge is 0.391 e. The van der Waals surface area contributed by atoms with Gasteiger partial charge in [-0.1, -0.05) is 45.0 Å². The number of benzene rings is 2. The molecular weight excluding hydrogens is 1060 g/mol. The van der Waals surface area contributed by atoms with Gasteiger partial charge in [0.05, 0.1) is 65.9 Å². The summed E-state index contributed by atoms with van der Waals surface area (Å²) in [5.41, 5.74) is 8.84. The van der Waals surface area contributed by atoms with Crippen molar-refractivity contribution < 1.29 is 38.6 Å². The number of pyridine rings is 2. The highest BCUT2D eigenvalue weighted by Crippen LogP contribution is 2.32. The fourth-order valence-electron chi connectivity index (χ4n) is 10.3. The van der Waals surface area contributed by atoms with Crippen LogP contribution >= 0.6 is 11.3 Å². The third-order valence-corrected chi connectivity index (χ3v) is 15.9. The van der Waals surface area contributed by atoms with Crippen molar-refractivity contribution in [2.45, 2.75) is 112 Å². The number of piperazine rings is 1. The van der Waals surface area contributed by atoms with Crippen LogP contribution in [0.4, 0.5) is 5.82 Å². The average molecular weight is 1140 g/mol. The zero-order chi connectivity index (χ0) is 58.7. The molecule has 4 aromatic heterocycles. The van der Waals surface area contributed by atoms with Crippen molar-refractivity contribution in [1.82, 2.24) is 55.8 Å². The maximum Gasteiger partial charge on any atom is 0.253 e. The SMILES string of the molecule is Cc1cc(C)c(CNC(=O)c2cc(-c3ccc(N4CCN(CCNC(=O)CCOCCOCCC(=O)N[C@H](C(=O)N5C[C@H](O)C[C@H]5C(=O)NCc5ccc(-c6scnc6C)cc5)C(C)(C)C)CC4)nc3)cc3c2cnn3C(C)C)c(=O)[nH]1. The summed E-state index contributed by atoms with van der Waals surface area (Å²) in [6, 6.07) is 15.9. The second kappa shape index (κ2) is 27.6. The molecule has 2 aliphatic rings. The van der Waals surface area contributed by atoms with E-state index in [0.29, 0.717) is 24.2 Å². The van der Waals surface area contributed by atoms with Crippen LogP contribution in [0.2, 0.25) is 0 Å². The number of aromatic amines is 1. The Kier molecular flexibility index (Phi) is 20.4. The van der Waals surface area contributed by atoms with Gasteiger partial charge in [-0.25, -0.2) is 9.97 Å². The van der Waals surface area contributed by atoms with Crippen molar-refractivity contribution in [1.29, 1.82) is 0 Å². The number of anilines is 1. The first-order valence-electron chi connectivity index (χ1n) is 28.1. The number of aromatic nitrogens is 5. The van der Waals surface area contributed by atoms with Crippen LogP contribution in [0.5, 0.6) is 0 Å². The van der Waals surface area contributed by atoms with Crippen molar-refractivity contribution in [3.63, 3.8) is 0 Å². The molecule has 438 valence electrons. The number of ether oxygens (including phenoxy) is 2. The van der Waals surface area contributed by atoms with Gasteiger partial charge < -0.3 is 50.6 Å². The van der Waals surface area contributed by atoms with Crippen LogP contribution in [0.1, 0.15) is 98.4 Å². The summed E-state index contributed by atoms with van der Waals surface area (Å²) in [6.45, 7) is 20.7. The molecule has 0 spiro atoms. The summed E-state index contributed by atoms with van der Waals surface area (Å²) in [5, 5.41) is 27.6. The summed E-state index contributed by atoms with van der Waals surface area (Å²) in [7, 11) is 0. The number of aliphatic hydroxyl groups excluding tert-OH is 1. The number of β-amino-alcohol motifs (C(OH)–C–C–N with tert-alkyl or cyclic N) is 1. The minimum absolute atomic E-state index is 0.00660. The Morgan fingerprint density at radius 1 is 0.817 bits per heavy atom. The average Bonchev–Trinajstić information content (AvgIpc) is 3.74. The molecule has 6 heterocycles. The Labute approximate surface area is 482 Å². The van der Waals surface area contributed by atoms with E-state index in [2.05, 4.69) is 46.1 Å². The second-order valence-electron chi connectivity index (χ2n) is 22.5. The van der Waals surface area contributed by atoms with Gasteiger partial charge >= 0.3 is 0 Å². The molecule has 2 fully saturated rings. The van der Waals surface area contributed by atoms with Crippen LogP contribution in [-0.4, -0.2) is 160 Å². The molecule has 6 N–H and O–H groups in total. The predicted octanol–water partition coefficient (Wildman–Crippen LogP) is 5.21. The standard InChI is InChI=1S/C60H78N12O9S/c1-37(2)72-49-29-44(28-46(48(49)34-66-72)56(76)64-33-47-38(3)27-39(4)67-57(47)77)43-13-14-51(62-32-43)70-21-19-69(20-22-70)18-17-61-52(74)15-23-80-25-26-81-24-16-53(75)68-55(60(6,7)8)59(79)71-35-45(73)30-50(71)58(78)63-31-41-9-11-42(12-10-41)54-40(5)65-36-82-54/h9-14,27-29,32,34,36-37,45,50,55,73H,15-26,30-31,33,35H2,1-8H3,(H,61,74)(H,63,78)(H,64,76)(H,67,77)(H,68,75)/t45-,50+,55-/m1/s1. The summed E-state index contributed by atoms with van der Waals surface area (Å²) >= 11 is 1.57. The fourth-order valence-corrected chi connectivity index (χ4v) is 11.1. The van der Waals surface area contributed by atoms with Gasteiger partial charge in [0, 0.05) is 113 Å². The molecule has 0 bridgehead atoms. The van der Waals surface area contributed by atoms with Gasteiger partial charge in [0.25, 0.3) is 11.5 Å². The molecule has 2 aliphatic heterocycles. The number of thiazole rings is 1. The molecule has 0 aliphatic carbocycles. The lowest BCUT2D eigenvalue weighted by Gasteiger charge is -2.35. The maximum atomic E-state index is 14.0. The zero-order valence-corrected chi connectivity index (χ0v) is 49.1. The first-order valence-corrected chi connectivity index (χ1v) is 29.0. The molecule has 0 radical (unpaired) electrons. The highest BCUT2D eigenvalue weighted by molar-refractivity contribution is 7.13. The van der Waals surface area contributed by atoms with Gasteiger partial charge in [0.1, 0.15) is 17.9 Å². The first kappa shape index (κ1) is 60.7. The van der Waals surface area contributed by atoms with Crippen molar-refractivity contribution >= 4 is 57.6 Å². The molecule has 2 saturated heterocycles. The smallest absolute Gasteiger partial charge is 0.253 e. The number of likely N-dealkylation sites (tertiary alicyclic amines) is 1. The molecule has 82 heavy (non-hydrogen) atoms. The zero-order valence-electron chi connectivity index (χ0n) is 48.3. The lowest BCUT2D eigenvalue weighted by atomic mass is 9.85. The number of rotatable bonds is 24. The van der Waals surface area contributed by atoms with Crippen LogP contribution in [-0.2, 0) is 41.7 Å². The van der Waals surface area contributed by atoms with Crippen LogP contribution < -0.4 is 31.7 Å². The van der Waals surface area contributed by atoms with E-state index in [4.69, 9.17) is 14.5 Å². The maximum absolute atomic E-state index is 14.0. The molecule has 2 aromatic carbocycles. The summed E-state index contributed by atoms with van der Waals surface area (Å²) < 4.78 is 13.2. The third kappa shape index (κ3) is 15.6. The van der Waals surface area contributed by atoms with E-state index in [0.717, 1.165) is 87.0 Å². The number of nitrogens with one attached hydrogen (secondary N) is 5. The minimum atomic E-state index is -0.954. The number of fused-ring (bicyclic) bond motifs is 1. The number of carbonyl (C=O) groups is 5. The number of aryl methyl sites for hydroxylation is 3. The second-order valence-corrected chi connectivity index (χ2v) is 23.4. The van der Waals surface area contributed by atoms with Gasteiger partial charge in [-0.05, 0) is 92.6 Å². The lowest BCUT2D eigenvalue weighted by molar-refractivity contribution is -0.144. The predicted molar refractivity (Wildman–Crippen MR) is 315 cm³/mol. The molecular formula is C60H78N12O9S. The van der Waals surface area contributed by atoms with Crippen LogP contribution in [0.15, 0.2) is 77.3 Å². The van der Waals surface area contributed by atoms with Crippen LogP contribution in [0.25, 0.3) is 32.5 Å². The first-order chi connectivity index (χ1) is 39.2. The number of amides is 5. The third-order valence-electron chi connectivity index (χ3n) is 14.9. The number of nitrogens with zero attached hydrogens (tertiary/aromatic N) is 7. The minimum Gasteiger partial charge on any atom is -0.391 e. The molecule has 8 rings (SSSR count). The van der Waals surface area contributed by atoms with E-state index < -0.39 is 29.5 Å². The monoisotopic (exact) mass is 1140 g/mol. The van der Waals surface area contributed by atoms with E-state index >= 15 is 0 Å². The summed E-state index contributed by atoms with van der Waals surface area (Å²) in [6.07, 6.45) is 2.94. The van der Waals surface area contributed by atoms with Crippen molar-refractivity contribution in [2.24, 2.45) is 5.41 Å². The van der Waals surface area contributed by atoms with E-state index in [1.54, 1.807) is 17.5 Å². The lowest BCUT2D eigenvalue weighted by Crippen LogP contribution is -2.57. The van der Waals surface area contributed by atoms with Gasteiger partial charge in [-0.2, -0.15) is 5.10 Å². The van der Waals surface area contributed by atoms with Crippen molar-refractivity contribution in [3.8, 4) is 21.6 Å². The highest BCUT2D eigenvalue weighted by Gasteiger charge is 2.44.